The Kier molecular flexibility index (Phi) is 10.8. The molecule has 0 unspecified atom stereocenters. The SMILES string of the molecule is Brc1cccc2ncccc12.CC(C)CB(O)O.CC(C)Cc1cccc2ncccc12. The standard InChI is InChI=1S/C13H15N.C9H6BrN.C4H11BO2/c1-10(2)9-11-5-3-7-13-12(11)6-4-8-14-13;10-8-4-1-5-9-7(8)3-2-6-11-9;1-4(2)3-5(6)7/h3-8,10H,9H2,1-2H3;1-6H;4,6-7H,3H2,1-2H3. The molecule has 4 rings (SSSR count). The predicted molar refractivity (Wildman–Crippen MR) is 140 cm³/mol. The van der Waals surface area contributed by atoms with E-state index in [2.05, 4.69) is 64.0 Å². The molecule has 0 saturated heterocycles. The van der Waals surface area contributed by atoms with Gasteiger partial charge in [0.25, 0.3) is 0 Å². The van der Waals surface area contributed by atoms with Crippen LogP contribution < -0.4 is 0 Å². The van der Waals surface area contributed by atoms with E-state index in [-0.39, 0.29) is 0 Å². The fourth-order valence-electron chi connectivity index (χ4n) is 3.27. The number of rotatable bonds is 4. The number of fused-ring (bicyclic) bond motifs is 2. The van der Waals surface area contributed by atoms with E-state index in [0.717, 1.165) is 27.3 Å². The molecule has 0 aliphatic rings. The summed E-state index contributed by atoms with van der Waals surface area (Å²) in [6.45, 7) is 8.38. The van der Waals surface area contributed by atoms with Crippen LogP contribution in [0.15, 0.2) is 77.5 Å². The first-order valence-corrected chi connectivity index (χ1v) is 11.7. The summed E-state index contributed by atoms with van der Waals surface area (Å²) in [5.41, 5.74) is 3.54. The number of hydrogen-bond acceptors (Lipinski definition) is 4. The first-order valence-electron chi connectivity index (χ1n) is 11.0. The van der Waals surface area contributed by atoms with E-state index in [4.69, 9.17) is 10.0 Å². The van der Waals surface area contributed by atoms with Gasteiger partial charge in [0.1, 0.15) is 0 Å². The summed E-state index contributed by atoms with van der Waals surface area (Å²) in [5, 5.41) is 19.0. The van der Waals surface area contributed by atoms with E-state index in [1.807, 2.05) is 56.4 Å². The van der Waals surface area contributed by atoms with Crippen LogP contribution >= 0.6 is 15.9 Å². The Bertz CT molecular complexity index is 1090. The Morgan fingerprint density at radius 1 is 0.750 bits per heavy atom. The zero-order valence-corrected chi connectivity index (χ0v) is 20.8. The molecule has 0 fully saturated rings. The van der Waals surface area contributed by atoms with Gasteiger partial charge < -0.3 is 10.0 Å². The van der Waals surface area contributed by atoms with Crippen molar-refractivity contribution in [2.75, 3.05) is 0 Å². The molecule has 2 aromatic heterocycles. The molecule has 0 aliphatic heterocycles. The molecule has 0 aliphatic carbocycles. The molecular formula is C26H32BBrN2O2. The van der Waals surface area contributed by atoms with Crippen LogP contribution in [0.3, 0.4) is 0 Å². The molecule has 0 radical (unpaired) electrons. The molecule has 0 saturated carbocycles. The maximum absolute atomic E-state index is 8.28. The lowest BCUT2D eigenvalue weighted by Crippen LogP contribution is -2.12. The molecule has 2 heterocycles. The molecule has 2 N–H and O–H groups in total. The van der Waals surface area contributed by atoms with Crippen molar-refractivity contribution in [2.45, 2.75) is 40.4 Å². The van der Waals surface area contributed by atoms with Crippen LogP contribution in [-0.4, -0.2) is 27.1 Å². The summed E-state index contributed by atoms with van der Waals surface area (Å²) in [6.07, 6.45) is 5.25. The number of nitrogens with zero attached hydrogens (tertiary/aromatic N) is 2. The quantitative estimate of drug-likeness (QED) is 0.316. The van der Waals surface area contributed by atoms with Gasteiger partial charge in [0.05, 0.1) is 11.0 Å². The van der Waals surface area contributed by atoms with Crippen LogP contribution in [0.25, 0.3) is 21.8 Å². The minimum absolute atomic E-state index is 0.375. The molecule has 6 heteroatoms. The third-order valence-electron chi connectivity index (χ3n) is 4.64. The van der Waals surface area contributed by atoms with Crippen LogP contribution in [0.2, 0.25) is 6.32 Å². The number of hydrogen-bond donors (Lipinski definition) is 2. The molecule has 4 nitrogen and oxygen atoms in total. The molecule has 0 amide bonds. The second-order valence-corrected chi connectivity index (χ2v) is 9.36. The fraction of sp³-hybridized carbons (Fsp3) is 0.308. The first-order chi connectivity index (χ1) is 15.3. The Hall–Kier alpha value is -2.28. The van der Waals surface area contributed by atoms with E-state index in [1.165, 1.54) is 10.9 Å². The highest BCUT2D eigenvalue weighted by Crippen LogP contribution is 2.21. The summed E-state index contributed by atoms with van der Waals surface area (Å²) in [6, 6.07) is 20.5. The smallest absolute Gasteiger partial charge is 0.427 e. The van der Waals surface area contributed by atoms with Gasteiger partial charge in [-0.25, -0.2) is 0 Å². The van der Waals surface area contributed by atoms with Gasteiger partial charge in [-0.2, -0.15) is 0 Å². The maximum Gasteiger partial charge on any atom is 0.451 e. The number of benzene rings is 2. The summed E-state index contributed by atoms with van der Waals surface area (Å²) in [7, 11) is -1.13. The third kappa shape index (κ3) is 8.69. The summed E-state index contributed by atoms with van der Waals surface area (Å²) in [5.74, 6) is 1.07. The molecule has 0 bridgehead atoms. The minimum Gasteiger partial charge on any atom is -0.427 e. The van der Waals surface area contributed by atoms with Gasteiger partial charge in [-0.15, -0.1) is 0 Å². The minimum atomic E-state index is -1.13. The monoisotopic (exact) mass is 494 g/mol. The van der Waals surface area contributed by atoms with Crippen LogP contribution in [0, 0.1) is 11.8 Å². The number of aromatic nitrogens is 2. The lowest BCUT2D eigenvalue weighted by Gasteiger charge is -2.07. The van der Waals surface area contributed by atoms with E-state index >= 15 is 0 Å². The lowest BCUT2D eigenvalue weighted by molar-refractivity contribution is 0.394. The van der Waals surface area contributed by atoms with Crippen molar-refractivity contribution in [1.82, 2.24) is 9.97 Å². The van der Waals surface area contributed by atoms with Crippen molar-refractivity contribution < 1.29 is 10.0 Å². The summed E-state index contributed by atoms with van der Waals surface area (Å²) >= 11 is 3.46. The van der Waals surface area contributed by atoms with E-state index in [9.17, 15) is 0 Å². The molecule has 168 valence electrons. The van der Waals surface area contributed by atoms with Crippen LogP contribution in [0.5, 0.6) is 0 Å². The highest BCUT2D eigenvalue weighted by molar-refractivity contribution is 9.10. The van der Waals surface area contributed by atoms with Gasteiger partial charge >= 0.3 is 7.12 Å². The topological polar surface area (TPSA) is 66.2 Å². The molecule has 2 aromatic carbocycles. The van der Waals surface area contributed by atoms with Crippen LogP contribution in [0.1, 0.15) is 33.3 Å². The Labute approximate surface area is 200 Å². The molecule has 32 heavy (non-hydrogen) atoms. The predicted octanol–water partition coefficient (Wildman–Crippen LogP) is 6.55. The Morgan fingerprint density at radius 2 is 1.31 bits per heavy atom. The highest BCUT2D eigenvalue weighted by atomic mass is 79.9. The van der Waals surface area contributed by atoms with E-state index in [0.29, 0.717) is 18.2 Å². The molecule has 0 spiro atoms. The third-order valence-corrected chi connectivity index (χ3v) is 5.33. The van der Waals surface area contributed by atoms with Crippen molar-refractivity contribution in [3.05, 3.63) is 83.1 Å². The molecular weight excluding hydrogens is 463 g/mol. The van der Waals surface area contributed by atoms with E-state index in [1.54, 1.807) is 6.20 Å². The zero-order chi connectivity index (χ0) is 23.5. The lowest BCUT2D eigenvalue weighted by atomic mass is 9.80. The van der Waals surface area contributed by atoms with Gasteiger partial charge in [-0.1, -0.05) is 74.0 Å². The van der Waals surface area contributed by atoms with Crippen molar-refractivity contribution in [1.29, 1.82) is 0 Å². The van der Waals surface area contributed by atoms with Gasteiger partial charge in [0.15, 0.2) is 0 Å². The summed E-state index contributed by atoms with van der Waals surface area (Å²) in [4.78, 5) is 8.56. The second-order valence-electron chi connectivity index (χ2n) is 8.51. The number of halogens is 1. The van der Waals surface area contributed by atoms with Crippen LogP contribution in [0.4, 0.5) is 0 Å². The average molecular weight is 495 g/mol. The first kappa shape index (κ1) is 26.0. The second kappa shape index (κ2) is 13.3. The summed E-state index contributed by atoms with van der Waals surface area (Å²) < 4.78 is 1.10. The van der Waals surface area contributed by atoms with Gasteiger partial charge in [-0.3, -0.25) is 9.97 Å². The highest BCUT2D eigenvalue weighted by Gasteiger charge is 2.07. The maximum atomic E-state index is 8.28. The number of pyridine rings is 2. The normalized spacial score (nSPS) is 10.5. The van der Waals surface area contributed by atoms with Gasteiger partial charge in [0, 0.05) is 27.6 Å². The van der Waals surface area contributed by atoms with E-state index < -0.39 is 7.12 Å². The van der Waals surface area contributed by atoms with Crippen LogP contribution in [-0.2, 0) is 6.42 Å². The van der Waals surface area contributed by atoms with Crippen molar-refractivity contribution >= 4 is 44.9 Å². The van der Waals surface area contributed by atoms with Crippen molar-refractivity contribution in [3.63, 3.8) is 0 Å². The largest absolute Gasteiger partial charge is 0.451 e. The van der Waals surface area contributed by atoms with Crippen molar-refractivity contribution in [2.24, 2.45) is 11.8 Å². The average Bonchev–Trinajstić information content (AvgIpc) is 2.74. The molecule has 0 atom stereocenters. The molecule has 4 aromatic rings. The van der Waals surface area contributed by atoms with Gasteiger partial charge in [-0.05, 0) is 60.5 Å². The fourth-order valence-corrected chi connectivity index (χ4v) is 3.76. The zero-order valence-electron chi connectivity index (χ0n) is 19.2. The Balaban J connectivity index is 0.000000181. The Morgan fingerprint density at radius 3 is 1.81 bits per heavy atom. The van der Waals surface area contributed by atoms with Crippen molar-refractivity contribution in [3.8, 4) is 0 Å². The van der Waals surface area contributed by atoms with Gasteiger partial charge in [0.2, 0.25) is 0 Å².